The molecule has 0 aromatic carbocycles. The molecule has 0 fully saturated rings. The quantitative estimate of drug-likeness (QED) is 0.0483. The van der Waals surface area contributed by atoms with Crippen LogP contribution in [0.15, 0.2) is 12.2 Å². The highest BCUT2D eigenvalue weighted by molar-refractivity contribution is 6.12. The molecular formula is C33H52N2O13. The topological polar surface area (TPSA) is 150 Å². The van der Waals surface area contributed by atoms with Crippen LogP contribution in [0.25, 0.3) is 0 Å². The van der Waals surface area contributed by atoms with Gasteiger partial charge in [0.15, 0.2) is 0 Å². The van der Waals surface area contributed by atoms with Gasteiger partial charge < -0.3 is 52.3 Å². The molecule has 3 amide bonds. The van der Waals surface area contributed by atoms with Crippen LogP contribution in [0.2, 0.25) is 0 Å². The zero-order valence-electron chi connectivity index (χ0n) is 28.0. The molecule has 0 unspecified atom stereocenters. The fourth-order valence-corrected chi connectivity index (χ4v) is 3.74. The zero-order chi connectivity index (χ0) is 34.8. The molecule has 272 valence electrons. The Kier molecular flexibility index (Phi) is 29.3. The number of amides is 3. The third-order valence-corrected chi connectivity index (χ3v) is 6.16. The number of hydrogen-bond acceptors (Lipinski definition) is 13. The van der Waals surface area contributed by atoms with Crippen molar-refractivity contribution in [1.82, 2.24) is 9.80 Å². The molecule has 1 aliphatic rings. The molecule has 0 aromatic heterocycles. The zero-order valence-corrected chi connectivity index (χ0v) is 28.0. The SMILES string of the molecule is C#CCOCCOCCOCCOCCN(CCOCCOCCOCCOCC#C)C(=O)CCOCCOCCN1C(=O)C=CC1=O. The van der Waals surface area contributed by atoms with Gasteiger partial charge in [-0.15, -0.1) is 12.8 Å². The Morgan fingerprint density at radius 2 is 0.854 bits per heavy atom. The van der Waals surface area contributed by atoms with Crippen molar-refractivity contribution in [2.45, 2.75) is 6.42 Å². The van der Waals surface area contributed by atoms with Gasteiger partial charge in [-0.2, -0.15) is 0 Å². The highest BCUT2D eigenvalue weighted by atomic mass is 16.6. The van der Waals surface area contributed by atoms with Crippen molar-refractivity contribution < 1.29 is 61.8 Å². The monoisotopic (exact) mass is 684 g/mol. The molecule has 0 aliphatic carbocycles. The number of carbonyl (C=O) groups excluding carboxylic acids is 3. The molecule has 0 saturated heterocycles. The molecule has 48 heavy (non-hydrogen) atoms. The lowest BCUT2D eigenvalue weighted by Gasteiger charge is -2.23. The number of imide groups is 1. The van der Waals surface area contributed by atoms with Gasteiger partial charge in [0, 0.05) is 25.2 Å². The summed E-state index contributed by atoms with van der Waals surface area (Å²) in [5.41, 5.74) is 0. The molecule has 0 radical (unpaired) electrons. The minimum Gasteiger partial charge on any atom is -0.379 e. The molecule has 1 rings (SSSR count). The summed E-state index contributed by atoms with van der Waals surface area (Å²) in [6.07, 6.45) is 12.9. The van der Waals surface area contributed by atoms with E-state index in [-0.39, 0.29) is 70.3 Å². The van der Waals surface area contributed by atoms with E-state index in [4.69, 9.17) is 60.2 Å². The van der Waals surface area contributed by atoms with Crippen LogP contribution >= 0.6 is 0 Å². The van der Waals surface area contributed by atoms with Gasteiger partial charge in [0.05, 0.1) is 132 Å². The minimum absolute atomic E-state index is 0.0964. The maximum atomic E-state index is 12.9. The van der Waals surface area contributed by atoms with Crippen molar-refractivity contribution in [1.29, 1.82) is 0 Å². The predicted molar refractivity (Wildman–Crippen MR) is 173 cm³/mol. The third-order valence-electron chi connectivity index (χ3n) is 6.16. The van der Waals surface area contributed by atoms with Gasteiger partial charge in [0.25, 0.3) is 11.8 Å². The molecule has 15 heteroatoms. The second-order valence-corrected chi connectivity index (χ2v) is 9.70. The Labute approximate surface area is 284 Å². The van der Waals surface area contributed by atoms with E-state index in [0.717, 1.165) is 4.90 Å². The molecular weight excluding hydrogens is 632 g/mol. The molecule has 0 bridgehead atoms. The molecule has 1 heterocycles. The van der Waals surface area contributed by atoms with E-state index in [1.807, 2.05) is 0 Å². The van der Waals surface area contributed by atoms with Crippen LogP contribution in [-0.4, -0.2) is 179 Å². The van der Waals surface area contributed by atoms with E-state index >= 15 is 0 Å². The number of hydrogen-bond donors (Lipinski definition) is 0. The second-order valence-electron chi connectivity index (χ2n) is 9.70. The summed E-state index contributed by atoms with van der Waals surface area (Å²) in [5, 5.41) is 0. The molecule has 1 aliphatic heterocycles. The van der Waals surface area contributed by atoms with Crippen molar-refractivity contribution >= 4 is 17.7 Å². The van der Waals surface area contributed by atoms with Gasteiger partial charge in [-0.05, 0) is 0 Å². The highest BCUT2D eigenvalue weighted by Crippen LogP contribution is 2.02. The molecule has 0 spiro atoms. The van der Waals surface area contributed by atoms with Gasteiger partial charge >= 0.3 is 0 Å². The Bertz CT molecular complexity index is 893. The molecule has 0 N–H and O–H groups in total. The van der Waals surface area contributed by atoms with Gasteiger partial charge in [-0.3, -0.25) is 19.3 Å². The average Bonchev–Trinajstić information content (AvgIpc) is 3.41. The van der Waals surface area contributed by atoms with E-state index < -0.39 is 0 Å². The lowest BCUT2D eigenvalue weighted by atomic mass is 10.3. The normalized spacial score (nSPS) is 12.5. The van der Waals surface area contributed by atoms with E-state index in [0.29, 0.717) is 106 Å². The molecule has 0 aromatic rings. The number of nitrogens with zero attached hydrogens (tertiary/aromatic N) is 2. The summed E-state index contributed by atoms with van der Waals surface area (Å²) >= 11 is 0. The summed E-state index contributed by atoms with van der Waals surface area (Å²) < 4.78 is 54.2. The van der Waals surface area contributed by atoms with Crippen LogP contribution in [-0.2, 0) is 61.8 Å². The van der Waals surface area contributed by atoms with Crippen molar-refractivity contribution in [3.8, 4) is 24.7 Å². The van der Waals surface area contributed by atoms with E-state index in [2.05, 4.69) is 11.8 Å². The summed E-state index contributed by atoms with van der Waals surface area (Å²) in [6.45, 7) is 8.18. The lowest BCUT2D eigenvalue weighted by Crippen LogP contribution is -2.37. The van der Waals surface area contributed by atoms with E-state index in [1.165, 1.54) is 12.2 Å². The first-order valence-electron chi connectivity index (χ1n) is 16.1. The fourth-order valence-electron chi connectivity index (χ4n) is 3.74. The maximum absolute atomic E-state index is 12.9. The van der Waals surface area contributed by atoms with Gasteiger partial charge in [0.2, 0.25) is 5.91 Å². The molecule has 15 nitrogen and oxygen atoms in total. The standard InChI is InChI=1S/C33H52N2O13/c1-3-11-39-17-23-45-27-29-47-25-21-42-14-8-34(9-15-43-22-26-48-30-28-46-24-18-40-12-4-2)31(36)7-13-41-19-20-44-16-10-35-32(37)5-6-33(35)38/h1-2,5-6H,7-30H2. The largest absolute Gasteiger partial charge is 0.379 e. The van der Waals surface area contributed by atoms with Crippen molar-refractivity contribution in [3.05, 3.63) is 12.2 Å². The van der Waals surface area contributed by atoms with Gasteiger partial charge in [-0.1, -0.05) is 11.8 Å². The third kappa shape index (κ3) is 25.1. The Morgan fingerprint density at radius 3 is 1.25 bits per heavy atom. The van der Waals surface area contributed by atoms with Crippen molar-refractivity contribution in [3.63, 3.8) is 0 Å². The van der Waals surface area contributed by atoms with Crippen LogP contribution in [0.5, 0.6) is 0 Å². The van der Waals surface area contributed by atoms with Gasteiger partial charge in [-0.25, -0.2) is 0 Å². The number of carbonyl (C=O) groups is 3. The van der Waals surface area contributed by atoms with Crippen molar-refractivity contribution in [2.75, 3.05) is 152 Å². The number of rotatable bonds is 35. The highest BCUT2D eigenvalue weighted by Gasteiger charge is 2.22. The summed E-state index contributed by atoms with van der Waals surface area (Å²) in [5.74, 6) is 3.99. The maximum Gasteiger partial charge on any atom is 0.253 e. The van der Waals surface area contributed by atoms with E-state index in [1.54, 1.807) is 4.90 Å². The predicted octanol–water partition coefficient (Wildman–Crippen LogP) is -0.437. The Hall–Kier alpha value is -2.93. The smallest absolute Gasteiger partial charge is 0.253 e. The number of terminal acetylenes is 2. The van der Waals surface area contributed by atoms with E-state index in [9.17, 15) is 14.4 Å². The number of ether oxygens (including phenoxy) is 10. The van der Waals surface area contributed by atoms with Crippen LogP contribution in [0.3, 0.4) is 0 Å². The van der Waals surface area contributed by atoms with Gasteiger partial charge in [0.1, 0.15) is 13.2 Å². The van der Waals surface area contributed by atoms with Crippen molar-refractivity contribution in [2.24, 2.45) is 0 Å². The van der Waals surface area contributed by atoms with Crippen LogP contribution in [0.1, 0.15) is 6.42 Å². The second kappa shape index (κ2) is 32.6. The minimum atomic E-state index is -0.346. The summed E-state index contributed by atoms with van der Waals surface area (Å²) in [4.78, 5) is 38.8. The first kappa shape index (κ1) is 43.1. The van der Waals surface area contributed by atoms with Crippen LogP contribution in [0, 0.1) is 24.7 Å². The lowest BCUT2D eigenvalue weighted by molar-refractivity contribution is -0.137. The van der Waals surface area contributed by atoms with Crippen LogP contribution < -0.4 is 0 Å². The Balaban J connectivity index is 2.19. The average molecular weight is 685 g/mol. The van der Waals surface area contributed by atoms with Crippen LogP contribution in [0.4, 0.5) is 0 Å². The molecule has 0 atom stereocenters. The summed E-state index contributed by atoms with van der Waals surface area (Å²) in [6, 6.07) is 0. The summed E-state index contributed by atoms with van der Waals surface area (Å²) in [7, 11) is 0. The fraction of sp³-hybridized carbons (Fsp3) is 0.727. The Morgan fingerprint density at radius 1 is 0.521 bits per heavy atom. The first-order valence-corrected chi connectivity index (χ1v) is 16.1. The molecule has 0 saturated carbocycles. The first-order chi connectivity index (χ1) is 23.6.